The van der Waals surface area contributed by atoms with Crippen LogP contribution in [-0.4, -0.2) is 54.6 Å². The Morgan fingerprint density at radius 2 is 2.04 bits per heavy atom. The standard InChI is InChI=1S/C14H15NO6S3/c1-20-10-3-4-11(21-2)9(7-10)8-12-13(16)15(14(22)23-12)5-6-24(17,18)19/h3-4,7-8H,5-6H2,1-2H3,(H,17,18,19). The van der Waals surface area contributed by atoms with Crippen LogP contribution in [0.25, 0.3) is 6.08 Å². The molecule has 0 atom stereocenters. The quantitative estimate of drug-likeness (QED) is 0.447. The second-order valence-corrected chi connectivity index (χ2v) is 7.98. The molecule has 2 rings (SSSR count). The summed E-state index contributed by atoms with van der Waals surface area (Å²) in [5.41, 5.74) is 0.632. The Balaban J connectivity index is 2.28. The highest BCUT2D eigenvalue weighted by molar-refractivity contribution is 8.26. The summed E-state index contributed by atoms with van der Waals surface area (Å²) in [5, 5.41) is 0. The van der Waals surface area contributed by atoms with Crippen molar-refractivity contribution in [1.82, 2.24) is 4.90 Å². The van der Waals surface area contributed by atoms with Gasteiger partial charge < -0.3 is 9.47 Å². The lowest BCUT2D eigenvalue weighted by atomic mass is 10.1. The molecule has 1 aliphatic rings. The van der Waals surface area contributed by atoms with Gasteiger partial charge in [0.1, 0.15) is 15.8 Å². The monoisotopic (exact) mass is 389 g/mol. The highest BCUT2D eigenvalue weighted by Crippen LogP contribution is 2.35. The van der Waals surface area contributed by atoms with Crippen LogP contribution in [0, 0.1) is 0 Å². The van der Waals surface area contributed by atoms with Crippen LogP contribution in [-0.2, 0) is 14.9 Å². The van der Waals surface area contributed by atoms with E-state index in [0.717, 1.165) is 16.7 Å². The zero-order chi connectivity index (χ0) is 17.9. The molecule has 1 fully saturated rings. The highest BCUT2D eigenvalue weighted by Gasteiger charge is 2.32. The Bertz CT molecular complexity index is 803. The molecule has 1 N–H and O–H groups in total. The topological polar surface area (TPSA) is 93.1 Å². The van der Waals surface area contributed by atoms with Crippen molar-refractivity contribution >= 4 is 50.4 Å². The van der Waals surface area contributed by atoms with Crippen molar-refractivity contribution < 1.29 is 27.2 Å². The molecule has 1 heterocycles. The molecule has 1 saturated heterocycles. The summed E-state index contributed by atoms with van der Waals surface area (Å²) in [4.78, 5) is 13.9. The lowest BCUT2D eigenvalue weighted by Gasteiger charge is -2.12. The first-order valence-electron chi connectivity index (χ1n) is 6.67. The predicted molar refractivity (Wildman–Crippen MR) is 95.8 cm³/mol. The molecule has 0 aliphatic carbocycles. The highest BCUT2D eigenvalue weighted by atomic mass is 32.2. The van der Waals surface area contributed by atoms with Crippen LogP contribution in [0.3, 0.4) is 0 Å². The molecule has 10 heteroatoms. The molecule has 24 heavy (non-hydrogen) atoms. The molecule has 0 aromatic heterocycles. The van der Waals surface area contributed by atoms with E-state index in [1.54, 1.807) is 24.3 Å². The fraction of sp³-hybridized carbons (Fsp3) is 0.286. The minimum absolute atomic E-state index is 0.198. The van der Waals surface area contributed by atoms with Crippen molar-refractivity contribution in [1.29, 1.82) is 0 Å². The first-order valence-corrected chi connectivity index (χ1v) is 9.51. The third kappa shape index (κ3) is 4.47. The molecule has 130 valence electrons. The Hall–Kier alpha value is -1.62. The maximum absolute atomic E-state index is 12.4. The summed E-state index contributed by atoms with van der Waals surface area (Å²) in [5.74, 6) is 0.163. The number of amides is 1. The third-order valence-corrected chi connectivity index (χ3v) is 5.25. The van der Waals surface area contributed by atoms with Crippen LogP contribution in [0.5, 0.6) is 11.5 Å². The lowest BCUT2D eigenvalue weighted by molar-refractivity contribution is -0.121. The van der Waals surface area contributed by atoms with Crippen LogP contribution >= 0.6 is 24.0 Å². The van der Waals surface area contributed by atoms with Gasteiger partial charge in [0.25, 0.3) is 16.0 Å². The SMILES string of the molecule is COc1ccc(OC)c(C=C2SC(=S)N(CCS(=O)(=O)O)C2=O)c1. The van der Waals surface area contributed by atoms with Crippen LogP contribution < -0.4 is 9.47 Å². The summed E-state index contributed by atoms with van der Waals surface area (Å²) in [6, 6.07) is 5.15. The van der Waals surface area contributed by atoms with Gasteiger partial charge in [-0.3, -0.25) is 14.2 Å². The van der Waals surface area contributed by atoms with E-state index in [1.807, 2.05) is 0 Å². The zero-order valence-corrected chi connectivity index (χ0v) is 15.3. The van der Waals surface area contributed by atoms with Gasteiger partial charge in [-0.15, -0.1) is 0 Å². The number of methoxy groups -OCH3 is 2. The number of thioether (sulfide) groups is 1. The van der Waals surface area contributed by atoms with E-state index in [4.69, 9.17) is 26.2 Å². The van der Waals surface area contributed by atoms with Gasteiger partial charge in [-0.05, 0) is 24.3 Å². The lowest BCUT2D eigenvalue weighted by Crippen LogP contribution is -2.32. The minimum atomic E-state index is -4.17. The van der Waals surface area contributed by atoms with E-state index in [1.165, 1.54) is 14.2 Å². The Kier molecular flexibility index (Phi) is 5.86. The Morgan fingerprint density at radius 1 is 1.33 bits per heavy atom. The van der Waals surface area contributed by atoms with E-state index >= 15 is 0 Å². The Morgan fingerprint density at radius 3 is 2.62 bits per heavy atom. The number of hydrogen-bond donors (Lipinski definition) is 1. The molecular formula is C14H15NO6S3. The number of carbonyl (C=O) groups is 1. The zero-order valence-electron chi connectivity index (χ0n) is 12.9. The number of thiocarbonyl (C=S) groups is 1. The van der Waals surface area contributed by atoms with Gasteiger partial charge >= 0.3 is 0 Å². The van der Waals surface area contributed by atoms with E-state index < -0.39 is 21.8 Å². The number of nitrogens with zero attached hydrogens (tertiary/aromatic N) is 1. The first-order chi connectivity index (χ1) is 11.2. The van der Waals surface area contributed by atoms with Crippen LogP contribution in [0.2, 0.25) is 0 Å². The molecule has 1 amide bonds. The van der Waals surface area contributed by atoms with Crippen molar-refractivity contribution in [2.45, 2.75) is 0 Å². The average Bonchev–Trinajstić information content (AvgIpc) is 2.78. The fourth-order valence-electron chi connectivity index (χ4n) is 1.99. The molecule has 0 radical (unpaired) electrons. The Labute approximate surface area is 149 Å². The smallest absolute Gasteiger partial charge is 0.266 e. The molecule has 0 unspecified atom stereocenters. The van der Waals surface area contributed by atoms with E-state index in [2.05, 4.69) is 0 Å². The summed E-state index contributed by atoms with van der Waals surface area (Å²) in [6.07, 6.45) is 1.61. The second-order valence-electron chi connectivity index (χ2n) is 4.73. The largest absolute Gasteiger partial charge is 0.497 e. The molecule has 1 aromatic rings. The van der Waals surface area contributed by atoms with Crippen LogP contribution in [0.4, 0.5) is 0 Å². The van der Waals surface area contributed by atoms with Crippen LogP contribution in [0.15, 0.2) is 23.1 Å². The first kappa shape index (κ1) is 18.7. The fourth-order valence-corrected chi connectivity index (χ4v) is 3.71. The van der Waals surface area contributed by atoms with Gasteiger partial charge in [0.05, 0.1) is 24.9 Å². The van der Waals surface area contributed by atoms with Gasteiger partial charge in [-0.1, -0.05) is 24.0 Å². The minimum Gasteiger partial charge on any atom is -0.497 e. The van der Waals surface area contributed by atoms with Gasteiger partial charge in [-0.25, -0.2) is 0 Å². The van der Waals surface area contributed by atoms with Crippen molar-refractivity contribution in [3.63, 3.8) is 0 Å². The summed E-state index contributed by atoms with van der Waals surface area (Å²) in [6.45, 7) is -0.198. The molecule has 0 saturated carbocycles. The normalized spacial score (nSPS) is 16.8. The van der Waals surface area contributed by atoms with Crippen molar-refractivity contribution in [2.75, 3.05) is 26.5 Å². The molecule has 0 bridgehead atoms. The van der Waals surface area contributed by atoms with E-state index in [0.29, 0.717) is 22.0 Å². The molecule has 0 spiro atoms. The van der Waals surface area contributed by atoms with Gasteiger partial charge in [0, 0.05) is 12.1 Å². The number of carbonyl (C=O) groups excluding carboxylic acids is 1. The molecule has 7 nitrogen and oxygen atoms in total. The summed E-state index contributed by atoms with van der Waals surface area (Å²) in [7, 11) is -1.13. The van der Waals surface area contributed by atoms with Gasteiger partial charge in [0.2, 0.25) is 0 Å². The third-order valence-electron chi connectivity index (χ3n) is 3.17. The number of hydrogen-bond acceptors (Lipinski definition) is 7. The second kappa shape index (κ2) is 7.51. The number of benzene rings is 1. The molecular weight excluding hydrogens is 374 g/mol. The van der Waals surface area contributed by atoms with E-state index in [9.17, 15) is 13.2 Å². The predicted octanol–water partition coefficient (Wildman–Crippen LogP) is 1.79. The molecule has 1 aromatic carbocycles. The van der Waals surface area contributed by atoms with Crippen molar-refractivity contribution in [3.8, 4) is 11.5 Å². The number of rotatable bonds is 6. The van der Waals surface area contributed by atoms with Gasteiger partial charge in [-0.2, -0.15) is 8.42 Å². The maximum Gasteiger partial charge on any atom is 0.266 e. The van der Waals surface area contributed by atoms with Gasteiger partial charge in [0.15, 0.2) is 0 Å². The van der Waals surface area contributed by atoms with Crippen LogP contribution in [0.1, 0.15) is 5.56 Å². The van der Waals surface area contributed by atoms with Crippen molar-refractivity contribution in [3.05, 3.63) is 28.7 Å². The molecule has 1 aliphatic heterocycles. The average molecular weight is 389 g/mol. The summed E-state index contributed by atoms with van der Waals surface area (Å²) >= 11 is 6.16. The van der Waals surface area contributed by atoms with E-state index in [-0.39, 0.29) is 10.9 Å². The maximum atomic E-state index is 12.4. The van der Waals surface area contributed by atoms with Crippen molar-refractivity contribution in [2.24, 2.45) is 0 Å². The summed E-state index contributed by atoms with van der Waals surface area (Å²) < 4.78 is 41.2. The number of ether oxygens (including phenoxy) is 2.